The molecule has 0 fully saturated rings. The summed E-state index contributed by atoms with van der Waals surface area (Å²) < 4.78 is 7.08. The fourth-order valence-electron chi connectivity index (χ4n) is 2.49. The van der Waals surface area contributed by atoms with E-state index in [1.807, 2.05) is 10.7 Å². The molecule has 3 rings (SSSR count). The van der Waals surface area contributed by atoms with Crippen molar-refractivity contribution in [3.63, 3.8) is 0 Å². The molecule has 0 bridgehead atoms. The number of ether oxygens (including phenoxy) is 1. The van der Waals surface area contributed by atoms with Gasteiger partial charge in [0.05, 0.1) is 31.6 Å². The second kappa shape index (κ2) is 5.57. The van der Waals surface area contributed by atoms with Crippen molar-refractivity contribution < 1.29 is 9.84 Å². The first-order valence-corrected chi connectivity index (χ1v) is 6.79. The maximum Gasteiger partial charge on any atom is 0.225 e. The number of nitrogen functional groups attached to an aromatic ring is 1. The van der Waals surface area contributed by atoms with Gasteiger partial charge in [-0.1, -0.05) is 0 Å². The Bertz CT molecular complexity index is 642. The number of aliphatic hydroxyl groups excluding tert-OH is 1. The zero-order chi connectivity index (χ0) is 14.8. The molecule has 8 nitrogen and oxygen atoms in total. The number of hydrogen-bond acceptors (Lipinski definition) is 7. The van der Waals surface area contributed by atoms with E-state index >= 15 is 0 Å². The Hall–Kier alpha value is -2.35. The van der Waals surface area contributed by atoms with Gasteiger partial charge in [-0.3, -0.25) is 4.68 Å². The highest BCUT2D eigenvalue weighted by Crippen LogP contribution is 2.23. The summed E-state index contributed by atoms with van der Waals surface area (Å²) in [6.07, 6.45) is 0.936. The summed E-state index contributed by atoms with van der Waals surface area (Å²) in [5.74, 6) is 1.38. The maximum atomic E-state index is 9.20. The quantitative estimate of drug-likeness (QED) is 0.830. The molecule has 0 atom stereocenters. The predicted molar refractivity (Wildman–Crippen MR) is 76.8 cm³/mol. The number of nitrogens with zero attached hydrogens (tertiary/aromatic N) is 5. The fraction of sp³-hybridized carbons (Fsp3) is 0.462. The molecule has 0 saturated heterocycles. The minimum Gasteiger partial charge on any atom is -0.481 e. The van der Waals surface area contributed by atoms with E-state index in [0.717, 1.165) is 31.0 Å². The molecule has 21 heavy (non-hydrogen) atoms. The van der Waals surface area contributed by atoms with Gasteiger partial charge in [-0.2, -0.15) is 15.1 Å². The molecule has 112 valence electrons. The molecule has 2 aromatic rings. The Labute approximate surface area is 122 Å². The first kappa shape index (κ1) is 13.6. The maximum absolute atomic E-state index is 9.20. The highest BCUT2D eigenvalue weighted by atomic mass is 16.5. The van der Waals surface area contributed by atoms with E-state index in [9.17, 15) is 5.11 Å². The van der Waals surface area contributed by atoms with Gasteiger partial charge in [-0.25, -0.2) is 0 Å². The number of aromatic nitrogens is 4. The van der Waals surface area contributed by atoms with Crippen molar-refractivity contribution in [1.82, 2.24) is 19.7 Å². The zero-order valence-electron chi connectivity index (χ0n) is 11.9. The summed E-state index contributed by atoms with van der Waals surface area (Å²) in [6.45, 7) is 2.28. The van der Waals surface area contributed by atoms with Crippen LogP contribution in [0.2, 0.25) is 0 Å². The normalized spacial score (nSPS) is 14.7. The van der Waals surface area contributed by atoms with E-state index in [1.54, 1.807) is 13.2 Å². The molecule has 3 heterocycles. The van der Waals surface area contributed by atoms with Gasteiger partial charge in [-0.05, 0) is 12.5 Å². The third kappa shape index (κ3) is 2.75. The van der Waals surface area contributed by atoms with E-state index in [0.29, 0.717) is 18.1 Å². The number of nitrogens with two attached hydrogens (primary N) is 1. The smallest absolute Gasteiger partial charge is 0.225 e. The second-order valence-electron chi connectivity index (χ2n) is 4.91. The third-order valence-corrected chi connectivity index (χ3v) is 3.47. The Morgan fingerprint density at radius 3 is 2.95 bits per heavy atom. The highest BCUT2D eigenvalue weighted by molar-refractivity contribution is 5.46. The molecule has 0 saturated carbocycles. The average Bonchev–Trinajstić information content (AvgIpc) is 2.77. The van der Waals surface area contributed by atoms with Gasteiger partial charge in [0.2, 0.25) is 11.8 Å². The number of rotatable bonds is 3. The lowest BCUT2D eigenvalue weighted by Crippen LogP contribution is -2.24. The van der Waals surface area contributed by atoms with Gasteiger partial charge >= 0.3 is 0 Å². The van der Waals surface area contributed by atoms with Crippen molar-refractivity contribution >= 4 is 11.8 Å². The Balaban J connectivity index is 1.90. The summed E-state index contributed by atoms with van der Waals surface area (Å²) in [5, 5.41) is 13.6. The lowest BCUT2D eigenvalue weighted by atomic mass is 10.3. The van der Waals surface area contributed by atoms with Crippen LogP contribution in [0.3, 0.4) is 0 Å². The van der Waals surface area contributed by atoms with E-state index in [4.69, 9.17) is 10.5 Å². The Morgan fingerprint density at radius 2 is 2.19 bits per heavy atom. The molecule has 0 aliphatic carbocycles. The van der Waals surface area contributed by atoms with Crippen molar-refractivity contribution in [1.29, 1.82) is 0 Å². The van der Waals surface area contributed by atoms with Crippen molar-refractivity contribution in [2.45, 2.75) is 26.1 Å². The van der Waals surface area contributed by atoms with Crippen molar-refractivity contribution in [3.8, 4) is 5.88 Å². The molecule has 1 aliphatic rings. The van der Waals surface area contributed by atoms with Gasteiger partial charge in [-0.15, -0.1) is 0 Å². The number of aliphatic hydroxyl groups is 1. The standard InChI is InChI=1S/C13H18N6O2/c1-21-12-6-11(15-13(14)16-12)18-3-2-4-19-10(7-18)5-9(8-20)17-19/h5-6,20H,2-4,7-8H2,1H3,(H2,14,15,16). The molecule has 3 N–H and O–H groups in total. The largest absolute Gasteiger partial charge is 0.481 e. The number of hydrogen-bond donors (Lipinski definition) is 2. The van der Waals surface area contributed by atoms with Crippen LogP contribution in [-0.4, -0.2) is 38.5 Å². The van der Waals surface area contributed by atoms with Crippen molar-refractivity contribution in [2.24, 2.45) is 0 Å². The minimum atomic E-state index is -0.0473. The number of anilines is 2. The number of aryl methyl sites for hydroxylation is 1. The van der Waals surface area contributed by atoms with Crippen LogP contribution in [0.25, 0.3) is 0 Å². The first-order valence-electron chi connectivity index (χ1n) is 6.79. The molecular weight excluding hydrogens is 272 g/mol. The van der Waals surface area contributed by atoms with E-state index in [-0.39, 0.29) is 12.6 Å². The van der Waals surface area contributed by atoms with Gasteiger partial charge in [0.15, 0.2) is 0 Å². The summed E-state index contributed by atoms with van der Waals surface area (Å²) in [4.78, 5) is 10.4. The minimum absolute atomic E-state index is 0.0473. The van der Waals surface area contributed by atoms with E-state index in [2.05, 4.69) is 20.0 Å². The molecule has 8 heteroatoms. The van der Waals surface area contributed by atoms with E-state index in [1.165, 1.54) is 0 Å². The summed E-state index contributed by atoms with van der Waals surface area (Å²) in [6, 6.07) is 3.69. The zero-order valence-corrected chi connectivity index (χ0v) is 11.9. The van der Waals surface area contributed by atoms with Crippen LogP contribution in [0, 0.1) is 0 Å². The monoisotopic (exact) mass is 290 g/mol. The third-order valence-electron chi connectivity index (χ3n) is 3.47. The van der Waals surface area contributed by atoms with Crippen LogP contribution in [0.5, 0.6) is 5.88 Å². The van der Waals surface area contributed by atoms with Gasteiger partial charge in [0.1, 0.15) is 5.82 Å². The van der Waals surface area contributed by atoms with Crippen LogP contribution in [0.4, 0.5) is 11.8 Å². The average molecular weight is 290 g/mol. The summed E-state index contributed by atoms with van der Waals surface area (Å²) in [5.41, 5.74) is 7.46. The number of methoxy groups -OCH3 is 1. The number of fused-ring (bicyclic) bond motifs is 1. The molecule has 0 amide bonds. The van der Waals surface area contributed by atoms with Crippen LogP contribution in [0.15, 0.2) is 12.1 Å². The Kier molecular flexibility index (Phi) is 3.61. The van der Waals surface area contributed by atoms with Crippen LogP contribution < -0.4 is 15.4 Å². The van der Waals surface area contributed by atoms with Crippen molar-refractivity contribution in [2.75, 3.05) is 24.3 Å². The summed E-state index contributed by atoms with van der Waals surface area (Å²) in [7, 11) is 1.55. The lowest BCUT2D eigenvalue weighted by Gasteiger charge is -2.21. The first-order chi connectivity index (χ1) is 10.2. The van der Waals surface area contributed by atoms with Gasteiger partial charge in [0, 0.05) is 19.2 Å². The molecule has 0 aromatic carbocycles. The van der Waals surface area contributed by atoms with Crippen LogP contribution in [0.1, 0.15) is 17.8 Å². The van der Waals surface area contributed by atoms with Crippen molar-refractivity contribution in [3.05, 3.63) is 23.5 Å². The molecule has 0 unspecified atom stereocenters. The predicted octanol–water partition coefficient (Wildman–Crippen LogP) is 0.166. The van der Waals surface area contributed by atoms with E-state index < -0.39 is 0 Å². The topological polar surface area (TPSA) is 102 Å². The highest BCUT2D eigenvalue weighted by Gasteiger charge is 2.18. The lowest BCUT2D eigenvalue weighted by molar-refractivity contribution is 0.275. The van der Waals surface area contributed by atoms with Gasteiger partial charge < -0.3 is 20.5 Å². The fourth-order valence-corrected chi connectivity index (χ4v) is 2.49. The SMILES string of the molecule is COc1cc(N2CCCn3nc(CO)cc3C2)nc(N)n1. The molecule has 1 aliphatic heterocycles. The Morgan fingerprint density at radius 1 is 1.33 bits per heavy atom. The summed E-state index contributed by atoms with van der Waals surface area (Å²) >= 11 is 0. The van der Waals surface area contributed by atoms with Crippen LogP contribution in [-0.2, 0) is 19.7 Å². The molecule has 0 radical (unpaired) electrons. The molecular formula is C13H18N6O2. The second-order valence-corrected chi connectivity index (χ2v) is 4.91. The van der Waals surface area contributed by atoms with Crippen LogP contribution >= 0.6 is 0 Å². The van der Waals surface area contributed by atoms with Gasteiger partial charge in [0.25, 0.3) is 0 Å². The molecule has 0 spiro atoms. The molecule has 2 aromatic heterocycles.